The van der Waals surface area contributed by atoms with Crippen molar-refractivity contribution in [1.82, 2.24) is 0 Å². The predicted octanol–water partition coefficient (Wildman–Crippen LogP) is 3.71. The average Bonchev–Trinajstić information content (AvgIpc) is 2.03. The molecule has 0 aliphatic rings. The molecule has 0 bridgehead atoms. The Morgan fingerprint density at radius 3 is 2.64 bits per heavy atom. The van der Waals surface area contributed by atoms with Crippen LogP contribution < -0.4 is 0 Å². The van der Waals surface area contributed by atoms with Crippen molar-refractivity contribution in [2.75, 3.05) is 0 Å². The second kappa shape index (κ2) is 7.98. The lowest BCUT2D eigenvalue weighted by atomic mass is 10.2. The van der Waals surface area contributed by atoms with Crippen molar-refractivity contribution in [2.24, 2.45) is 3.21 Å². The second-order valence-corrected chi connectivity index (χ2v) is 2.69. The van der Waals surface area contributed by atoms with Crippen molar-refractivity contribution in [3.63, 3.8) is 0 Å². The highest BCUT2D eigenvalue weighted by atomic mass is 127. The van der Waals surface area contributed by atoms with Gasteiger partial charge in [-0.15, -0.1) is 0 Å². The van der Waals surface area contributed by atoms with Crippen molar-refractivity contribution < 1.29 is 0 Å². The number of rotatable bonds is 4. The maximum atomic E-state index is 4.12. The first-order valence-electron chi connectivity index (χ1n) is 3.82. The van der Waals surface area contributed by atoms with Gasteiger partial charge in [-0.25, -0.2) is 3.21 Å². The van der Waals surface area contributed by atoms with Gasteiger partial charge in [0.25, 0.3) is 0 Å². The first-order valence-corrected chi connectivity index (χ1v) is 4.78. The number of hydrogen-bond donors (Lipinski definition) is 0. The molecule has 0 saturated heterocycles. The lowest BCUT2D eigenvalue weighted by Crippen LogP contribution is -1.88. The summed E-state index contributed by atoms with van der Waals surface area (Å²) < 4.78 is 4.12. The van der Waals surface area contributed by atoms with Crippen LogP contribution in [-0.2, 0) is 0 Å². The first kappa shape index (κ1) is 10.9. The lowest BCUT2D eigenvalue weighted by Gasteiger charge is -1.92. The third-order valence-electron chi connectivity index (χ3n) is 1.21. The minimum Gasteiger partial charge on any atom is -0.220 e. The zero-order valence-electron chi connectivity index (χ0n) is 7.05. The molecule has 1 nitrogen and oxygen atoms in total. The molecule has 0 aromatic rings. The van der Waals surface area contributed by atoms with Crippen LogP contribution in [0.4, 0.5) is 0 Å². The molecule has 0 aromatic heterocycles. The van der Waals surface area contributed by atoms with Crippen LogP contribution >= 0.6 is 22.9 Å². The van der Waals surface area contributed by atoms with E-state index >= 15 is 0 Å². The Hall–Kier alpha value is -0.120. The zero-order valence-corrected chi connectivity index (χ0v) is 9.21. The number of nitrogens with zero attached hydrogens (tertiary/aromatic N) is 1. The Bertz CT molecular complexity index is 168. The SMILES string of the molecule is C/C=C/C=C\C(CCC)=N/I. The van der Waals surface area contributed by atoms with E-state index in [9.17, 15) is 0 Å². The molecular weight excluding hydrogens is 249 g/mol. The Labute approximate surface area is 82.8 Å². The van der Waals surface area contributed by atoms with Gasteiger partial charge in [0.1, 0.15) is 0 Å². The monoisotopic (exact) mass is 263 g/mol. The van der Waals surface area contributed by atoms with Gasteiger partial charge in [-0.3, -0.25) is 0 Å². The smallest absolute Gasteiger partial charge is 0.0834 e. The summed E-state index contributed by atoms with van der Waals surface area (Å²) in [5.74, 6) is 0. The van der Waals surface area contributed by atoms with Crippen molar-refractivity contribution in [3.05, 3.63) is 24.3 Å². The first-order chi connectivity index (χ1) is 5.35. The normalized spacial score (nSPS) is 13.5. The minimum absolute atomic E-state index is 1.07. The van der Waals surface area contributed by atoms with Crippen LogP contribution in [0.3, 0.4) is 0 Å². The Morgan fingerprint density at radius 2 is 2.18 bits per heavy atom. The fourth-order valence-electron chi connectivity index (χ4n) is 0.688. The lowest BCUT2D eigenvalue weighted by molar-refractivity contribution is 1.000. The van der Waals surface area contributed by atoms with Crippen LogP contribution in [0.15, 0.2) is 27.5 Å². The maximum Gasteiger partial charge on any atom is 0.0834 e. The van der Waals surface area contributed by atoms with Gasteiger partial charge in [-0.1, -0.05) is 31.6 Å². The molecule has 11 heavy (non-hydrogen) atoms. The summed E-state index contributed by atoms with van der Waals surface area (Å²) in [6, 6.07) is 0. The zero-order chi connectivity index (χ0) is 8.53. The van der Waals surface area contributed by atoms with Gasteiger partial charge < -0.3 is 0 Å². The van der Waals surface area contributed by atoms with Crippen molar-refractivity contribution in [1.29, 1.82) is 0 Å². The molecular formula is C9H14IN. The molecule has 0 aromatic carbocycles. The van der Waals surface area contributed by atoms with E-state index in [1.165, 1.54) is 0 Å². The summed E-state index contributed by atoms with van der Waals surface area (Å²) in [7, 11) is 0. The minimum atomic E-state index is 1.07. The molecule has 2 heteroatoms. The van der Waals surface area contributed by atoms with E-state index in [2.05, 4.69) is 16.2 Å². The van der Waals surface area contributed by atoms with E-state index < -0.39 is 0 Å². The van der Waals surface area contributed by atoms with E-state index in [-0.39, 0.29) is 0 Å². The molecule has 0 unspecified atom stereocenters. The molecule has 0 aliphatic heterocycles. The van der Waals surface area contributed by atoms with Gasteiger partial charge in [0, 0.05) is 5.71 Å². The largest absolute Gasteiger partial charge is 0.220 e. The highest BCUT2D eigenvalue weighted by molar-refractivity contribution is 14.1. The molecule has 0 radical (unpaired) electrons. The van der Waals surface area contributed by atoms with Crippen molar-refractivity contribution in [2.45, 2.75) is 26.7 Å². The van der Waals surface area contributed by atoms with Crippen LogP contribution in [0, 0.1) is 0 Å². The summed E-state index contributed by atoms with van der Waals surface area (Å²) in [4.78, 5) is 0. The number of allylic oxidation sites excluding steroid dienone is 4. The van der Waals surface area contributed by atoms with E-state index in [1.54, 1.807) is 0 Å². The summed E-state index contributed by atoms with van der Waals surface area (Å²) in [6.45, 7) is 4.16. The molecule has 0 saturated carbocycles. The summed E-state index contributed by atoms with van der Waals surface area (Å²) in [5.41, 5.74) is 1.16. The summed E-state index contributed by atoms with van der Waals surface area (Å²) >= 11 is 2.04. The molecule has 0 fully saturated rings. The fourth-order valence-corrected chi connectivity index (χ4v) is 1.09. The van der Waals surface area contributed by atoms with Crippen LogP contribution in [0.1, 0.15) is 26.7 Å². The second-order valence-electron chi connectivity index (χ2n) is 2.21. The van der Waals surface area contributed by atoms with Gasteiger partial charge in [0.05, 0.1) is 22.9 Å². The Balaban J connectivity index is 3.88. The average molecular weight is 263 g/mol. The number of hydrogen-bond acceptors (Lipinski definition) is 1. The maximum absolute atomic E-state index is 4.12. The van der Waals surface area contributed by atoms with Gasteiger partial charge in [-0.05, 0) is 19.4 Å². The summed E-state index contributed by atoms with van der Waals surface area (Å²) in [5, 5.41) is 0. The standard InChI is InChI=1S/C9H14IN/c1-3-5-6-8-9(11-10)7-4-2/h3,5-6,8H,4,7H2,1-2H3/b5-3+,8-6-,11-9-. The van der Waals surface area contributed by atoms with Crippen LogP contribution in [0.5, 0.6) is 0 Å². The molecule has 0 amide bonds. The molecule has 0 rings (SSSR count). The van der Waals surface area contributed by atoms with Gasteiger partial charge in [0.2, 0.25) is 0 Å². The van der Waals surface area contributed by atoms with E-state index in [1.807, 2.05) is 48.0 Å². The highest BCUT2D eigenvalue weighted by Gasteiger charge is 1.88. The quantitative estimate of drug-likeness (QED) is 0.416. The fraction of sp³-hybridized carbons (Fsp3) is 0.444. The van der Waals surface area contributed by atoms with Crippen LogP contribution in [0.25, 0.3) is 0 Å². The molecule has 0 atom stereocenters. The molecule has 0 heterocycles. The van der Waals surface area contributed by atoms with Crippen LogP contribution in [-0.4, -0.2) is 5.71 Å². The van der Waals surface area contributed by atoms with E-state index in [0.717, 1.165) is 18.6 Å². The molecule has 62 valence electrons. The third-order valence-corrected chi connectivity index (χ3v) is 1.83. The topological polar surface area (TPSA) is 12.4 Å². The third kappa shape index (κ3) is 6.28. The highest BCUT2D eigenvalue weighted by Crippen LogP contribution is 1.98. The van der Waals surface area contributed by atoms with Crippen molar-refractivity contribution in [3.8, 4) is 0 Å². The van der Waals surface area contributed by atoms with Gasteiger partial charge in [-0.2, -0.15) is 0 Å². The van der Waals surface area contributed by atoms with E-state index in [0.29, 0.717) is 0 Å². The van der Waals surface area contributed by atoms with Crippen LogP contribution in [0.2, 0.25) is 0 Å². The predicted molar refractivity (Wildman–Crippen MR) is 60.3 cm³/mol. The molecule has 0 aliphatic carbocycles. The Kier molecular flexibility index (Phi) is 7.89. The Morgan fingerprint density at radius 1 is 1.45 bits per heavy atom. The van der Waals surface area contributed by atoms with Crippen molar-refractivity contribution >= 4 is 28.6 Å². The summed E-state index contributed by atoms with van der Waals surface area (Å²) in [6.07, 6.45) is 10.3. The molecule has 0 spiro atoms. The number of halogens is 1. The van der Waals surface area contributed by atoms with Gasteiger partial charge in [0.15, 0.2) is 0 Å². The van der Waals surface area contributed by atoms with Gasteiger partial charge >= 0.3 is 0 Å². The van der Waals surface area contributed by atoms with E-state index in [4.69, 9.17) is 0 Å². The molecule has 0 N–H and O–H groups in total.